The molecule has 1 aliphatic heterocycles. The minimum absolute atomic E-state index is 0.197. The number of aromatic nitrogens is 2. The summed E-state index contributed by atoms with van der Waals surface area (Å²) in [4.78, 5) is 28.9. The van der Waals surface area contributed by atoms with Gasteiger partial charge in [-0.2, -0.15) is 0 Å². The highest BCUT2D eigenvalue weighted by Crippen LogP contribution is 2.45. The Morgan fingerprint density at radius 1 is 0.857 bits per heavy atom. The molecule has 2 aromatic carbocycles. The third-order valence-corrected chi connectivity index (χ3v) is 10.4. The lowest BCUT2D eigenvalue weighted by Crippen LogP contribution is -2.61. The molecule has 266 valence electrons. The van der Waals surface area contributed by atoms with Gasteiger partial charge in [0.05, 0.1) is 44.6 Å². The van der Waals surface area contributed by atoms with E-state index in [9.17, 15) is 14.7 Å². The third-order valence-electron chi connectivity index (χ3n) is 8.95. The van der Waals surface area contributed by atoms with Crippen LogP contribution < -0.4 is 25.4 Å². The Morgan fingerprint density at radius 2 is 1.47 bits per heavy atom. The Hall–Kier alpha value is -2.95. The Morgan fingerprint density at radius 3 is 2.04 bits per heavy atom. The van der Waals surface area contributed by atoms with Gasteiger partial charge < -0.3 is 20.2 Å². The summed E-state index contributed by atoms with van der Waals surface area (Å²) in [7, 11) is 0. The summed E-state index contributed by atoms with van der Waals surface area (Å²) < 4.78 is 4.45. The number of hydrogen-bond acceptors (Lipinski definition) is 5. The molecule has 0 bridgehead atoms. The number of carboxylic acid groups (broad SMARTS) is 1. The first kappa shape index (κ1) is 38.8. The molecular formula is C36H47Cl4N6O3+. The van der Waals surface area contributed by atoms with Gasteiger partial charge >= 0.3 is 5.97 Å². The molecule has 0 radical (unpaired) electrons. The maximum atomic E-state index is 12.7. The van der Waals surface area contributed by atoms with Gasteiger partial charge in [0.15, 0.2) is 16.7 Å². The van der Waals surface area contributed by atoms with Crippen molar-refractivity contribution in [1.29, 1.82) is 0 Å². The number of unbranched alkanes of at least 4 members (excludes halogenated alkanes) is 4. The minimum atomic E-state index is -1.75. The first-order chi connectivity index (χ1) is 23.4. The van der Waals surface area contributed by atoms with E-state index in [1.807, 2.05) is 31.2 Å². The molecule has 1 unspecified atom stereocenters. The van der Waals surface area contributed by atoms with Gasteiger partial charge in [0.2, 0.25) is 5.91 Å². The summed E-state index contributed by atoms with van der Waals surface area (Å²) >= 11 is 25.8. The van der Waals surface area contributed by atoms with Gasteiger partial charge in [-0.15, -0.1) is 0 Å². The largest absolute Gasteiger partial charge is 0.478 e. The van der Waals surface area contributed by atoms with Gasteiger partial charge in [0.25, 0.3) is 5.82 Å². The first-order valence-corrected chi connectivity index (χ1v) is 18.6. The number of benzene rings is 2. The predicted octanol–water partition coefficient (Wildman–Crippen LogP) is 8.78. The van der Waals surface area contributed by atoms with E-state index in [1.54, 1.807) is 0 Å². The molecule has 1 amide bonds. The molecule has 0 fully saturated rings. The zero-order chi connectivity index (χ0) is 35.9. The quantitative estimate of drug-likeness (QED) is 0.0723. The molecular weight excluding hydrogens is 706 g/mol. The molecule has 0 saturated carbocycles. The lowest BCUT2D eigenvalue weighted by Gasteiger charge is -2.26. The van der Waals surface area contributed by atoms with Gasteiger partial charge in [-0.1, -0.05) is 72.2 Å². The fraction of sp³-hybridized carbons (Fsp3) is 0.472. The van der Waals surface area contributed by atoms with Crippen LogP contribution in [0.4, 0.5) is 11.4 Å². The number of aliphatic carboxylic acids is 1. The van der Waals surface area contributed by atoms with Crippen LogP contribution in [0.25, 0.3) is 17.1 Å². The summed E-state index contributed by atoms with van der Waals surface area (Å²) in [6, 6.07) is 7.64. The standard InChI is InChI=1S/C36H46Cl4N6O3/c1-5-9-12-18-36(41,35(48)49)42-32(47)15-11-10-13-19-46-31-23-27(40)26(39)22-30(31)45(8-4)34(46)17-14-16-33-43(6-2)28-20-24(37)25(38)21-29(28)44(33)7-3/h14,16-17,20-23H,5-13,15,18-19,41H2,1-4H3,(H-,42,47,48,49)/p+1. The van der Waals surface area contributed by atoms with Crippen molar-refractivity contribution in [1.82, 2.24) is 9.88 Å². The van der Waals surface area contributed by atoms with E-state index in [0.717, 1.165) is 72.8 Å². The first-order valence-electron chi connectivity index (χ1n) is 17.1. The summed E-state index contributed by atoms with van der Waals surface area (Å²) in [5.74, 6) is 0.446. The van der Waals surface area contributed by atoms with Gasteiger partial charge in [-0.25, -0.2) is 13.9 Å². The van der Waals surface area contributed by atoms with Crippen molar-refractivity contribution in [2.24, 2.45) is 5.73 Å². The van der Waals surface area contributed by atoms with Crippen LogP contribution in [0.2, 0.25) is 20.1 Å². The number of carboxylic acids is 1. The fourth-order valence-corrected chi connectivity index (χ4v) is 7.07. The van der Waals surface area contributed by atoms with Crippen LogP contribution >= 0.6 is 46.4 Å². The van der Waals surface area contributed by atoms with E-state index in [0.29, 0.717) is 46.0 Å². The summed E-state index contributed by atoms with van der Waals surface area (Å²) in [6.45, 7) is 11.2. The van der Waals surface area contributed by atoms with Crippen molar-refractivity contribution in [3.8, 4) is 0 Å². The number of carbonyl (C=O) groups excluding carboxylic acids is 1. The molecule has 3 aromatic rings. The highest BCUT2D eigenvalue weighted by atomic mass is 35.5. The number of amides is 1. The van der Waals surface area contributed by atoms with E-state index in [2.05, 4.69) is 63.3 Å². The number of nitrogens with two attached hydrogens (primary N) is 1. The number of imidazole rings is 1. The maximum Gasteiger partial charge on any atom is 0.344 e. The van der Waals surface area contributed by atoms with Gasteiger partial charge in [-0.05, 0) is 71.1 Å². The average Bonchev–Trinajstić information content (AvgIpc) is 3.50. The van der Waals surface area contributed by atoms with Crippen LogP contribution in [0.1, 0.15) is 84.9 Å². The van der Waals surface area contributed by atoms with Crippen LogP contribution in [0, 0.1) is 0 Å². The van der Waals surface area contributed by atoms with Crippen molar-refractivity contribution < 1.29 is 19.3 Å². The number of aryl methyl sites for hydroxylation is 2. The maximum absolute atomic E-state index is 12.7. The van der Waals surface area contributed by atoms with E-state index >= 15 is 0 Å². The second-order valence-electron chi connectivity index (χ2n) is 12.2. The lowest BCUT2D eigenvalue weighted by molar-refractivity contribution is -0.674. The number of allylic oxidation sites excluding steroid dienone is 2. The van der Waals surface area contributed by atoms with Crippen LogP contribution in [0.5, 0.6) is 0 Å². The summed E-state index contributed by atoms with van der Waals surface area (Å²) in [6.07, 6.45) is 11.2. The predicted molar refractivity (Wildman–Crippen MR) is 203 cm³/mol. The van der Waals surface area contributed by atoms with E-state index in [1.165, 1.54) is 0 Å². The van der Waals surface area contributed by atoms with E-state index < -0.39 is 11.6 Å². The molecule has 4 rings (SSSR count). The van der Waals surface area contributed by atoms with Crippen molar-refractivity contribution >= 4 is 86.8 Å². The zero-order valence-electron chi connectivity index (χ0n) is 28.7. The van der Waals surface area contributed by atoms with Gasteiger partial charge in [-0.3, -0.25) is 10.5 Å². The van der Waals surface area contributed by atoms with Crippen LogP contribution in [0.3, 0.4) is 0 Å². The van der Waals surface area contributed by atoms with E-state index in [4.69, 9.17) is 52.1 Å². The molecule has 0 aliphatic carbocycles. The number of nitrogens with zero attached hydrogens (tertiary/aromatic N) is 4. The third kappa shape index (κ3) is 8.68. The van der Waals surface area contributed by atoms with Crippen molar-refractivity contribution in [2.45, 2.75) is 97.8 Å². The second kappa shape index (κ2) is 17.3. The van der Waals surface area contributed by atoms with Gasteiger partial charge in [0, 0.05) is 37.7 Å². The number of halogens is 4. The SMILES string of the molecule is CCCCCC(N)(NC(=O)CCCCC[n+]1c(C=CC=C2N(CC)c3cc(Cl)c(Cl)cc3N2CC)n(CC)c2cc(Cl)c(Cl)cc21)C(=O)O. The molecule has 2 heterocycles. The normalized spacial score (nSPS) is 14.2. The molecule has 1 atom stereocenters. The zero-order valence-corrected chi connectivity index (χ0v) is 31.7. The molecule has 1 aliphatic rings. The number of carbonyl (C=O) groups is 2. The number of fused-ring (bicyclic) bond motifs is 2. The highest BCUT2D eigenvalue weighted by molar-refractivity contribution is 6.43. The number of nitrogens with one attached hydrogen (secondary N) is 1. The molecule has 13 heteroatoms. The smallest absolute Gasteiger partial charge is 0.344 e. The topological polar surface area (TPSA) is 108 Å². The van der Waals surface area contributed by atoms with Gasteiger partial charge in [0.1, 0.15) is 5.82 Å². The average molecular weight is 754 g/mol. The monoisotopic (exact) mass is 751 g/mol. The lowest BCUT2D eigenvalue weighted by atomic mass is 10.0. The molecule has 9 nitrogen and oxygen atoms in total. The van der Waals surface area contributed by atoms with Crippen LogP contribution in [-0.4, -0.2) is 40.3 Å². The second-order valence-corrected chi connectivity index (χ2v) is 13.9. The molecule has 4 N–H and O–H groups in total. The number of hydrogen-bond donors (Lipinski definition) is 3. The number of anilines is 2. The summed E-state index contributed by atoms with van der Waals surface area (Å²) in [5.41, 5.74) is 8.29. The van der Waals surface area contributed by atoms with Crippen molar-refractivity contribution in [2.75, 3.05) is 22.9 Å². The minimum Gasteiger partial charge on any atom is -0.478 e. The molecule has 0 saturated heterocycles. The molecule has 49 heavy (non-hydrogen) atoms. The Kier molecular flexibility index (Phi) is 13.7. The van der Waals surface area contributed by atoms with Crippen molar-refractivity contribution in [3.63, 3.8) is 0 Å². The Balaban J connectivity index is 1.55. The van der Waals surface area contributed by atoms with Crippen molar-refractivity contribution in [3.05, 3.63) is 68.2 Å². The Labute approximate surface area is 309 Å². The highest BCUT2D eigenvalue weighted by Gasteiger charge is 2.35. The Bertz CT molecular complexity index is 1700. The van der Waals surface area contributed by atoms with E-state index in [-0.39, 0.29) is 18.7 Å². The summed E-state index contributed by atoms with van der Waals surface area (Å²) in [5, 5.41) is 14.2. The molecule has 0 spiro atoms. The fourth-order valence-electron chi connectivity index (χ4n) is 6.43. The number of rotatable bonds is 17. The molecule has 1 aromatic heterocycles. The van der Waals surface area contributed by atoms with Crippen LogP contribution in [-0.2, 0) is 22.7 Å². The van der Waals surface area contributed by atoms with Crippen LogP contribution in [0.15, 0.2) is 42.2 Å².